The van der Waals surface area contributed by atoms with E-state index >= 15 is 0 Å². The molecule has 6 atom stereocenters. The van der Waals surface area contributed by atoms with Gasteiger partial charge in [-0.05, 0) is 54.7 Å². The first-order chi connectivity index (χ1) is 20.9. The van der Waals surface area contributed by atoms with Crippen LogP contribution in [-0.4, -0.2) is 68.9 Å². The summed E-state index contributed by atoms with van der Waals surface area (Å²) in [7, 11) is 0. The predicted molar refractivity (Wildman–Crippen MR) is 161 cm³/mol. The first-order valence-electron chi connectivity index (χ1n) is 15.5. The van der Waals surface area contributed by atoms with Gasteiger partial charge in [0.2, 0.25) is 5.91 Å². The zero-order chi connectivity index (χ0) is 31.5. The molecular formula is C34H39N3O7. The van der Waals surface area contributed by atoms with E-state index in [9.17, 15) is 34.2 Å². The highest BCUT2D eigenvalue weighted by atomic mass is 16.3. The topological polar surface area (TPSA) is 167 Å². The number of nitrogens with zero attached hydrogens (tertiary/aromatic N) is 1. The molecule has 2 saturated carbocycles. The van der Waals surface area contributed by atoms with Crippen molar-refractivity contribution in [3.8, 4) is 5.75 Å². The maximum absolute atomic E-state index is 14.0. The number of ketones is 4. The second-order valence-corrected chi connectivity index (χ2v) is 13.3. The number of aliphatic hydroxyl groups is 1. The summed E-state index contributed by atoms with van der Waals surface area (Å²) in [5.41, 5.74) is 4.96. The van der Waals surface area contributed by atoms with E-state index in [0.29, 0.717) is 11.3 Å². The van der Waals surface area contributed by atoms with Crippen molar-refractivity contribution in [3.05, 3.63) is 59.2 Å². The second-order valence-electron chi connectivity index (χ2n) is 13.3. The Morgan fingerprint density at radius 1 is 1.05 bits per heavy atom. The van der Waals surface area contributed by atoms with Gasteiger partial charge in [-0.1, -0.05) is 50.2 Å². The van der Waals surface area contributed by atoms with E-state index in [1.807, 2.05) is 18.2 Å². The van der Waals surface area contributed by atoms with Crippen LogP contribution in [0, 0.1) is 35.5 Å². The lowest BCUT2D eigenvalue weighted by atomic mass is 9.50. The number of hydrogen-bond donors (Lipinski definition) is 4. The SMILES string of the molecule is CC(C)[C@@H]1C(=O)C(C(N)=O)C(=O)[C@@]2(O)C(=O)C3C(=O)c4c(ccc(NC5CCN(Cc6ccccc6)CC5)c4O)C[C@H]3C[C@@H]12. The Hall–Kier alpha value is -3.89. The van der Waals surface area contributed by atoms with E-state index in [0.717, 1.165) is 32.5 Å². The summed E-state index contributed by atoms with van der Waals surface area (Å²) < 4.78 is 0. The molecule has 1 heterocycles. The van der Waals surface area contributed by atoms with Gasteiger partial charge in [-0.3, -0.25) is 28.9 Å². The third kappa shape index (κ3) is 4.75. The van der Waals surface area contributed by atoms with Gasteiger partial charge in [-0.25, -0.2) is 0 Å². The largest absolute Gasteiger partial charge is 0.505 e. The molecule has 6 rings (SSSR count). The number of aromatic hydroxyl groups is 1. The highest BCUT2D eigenvalue weighted by molar-refractivity contribution is 6.32. The molecule has 0 aromatic heterocycles. The van der Waals surface area contributed by atoms with Crippen molar-refractivity contribution in [2.45, 2.75) is 57.7 Å². The average molecular weight is 602 g/mol. The lowest BCUT2D eigenvalue weighted by Crippen LogP contribution is -2.71. The van der Waals surface area contributed by atoms with Gasteiger partial charge in [-0.15, -0.1) is 0 Å². The summed E-state index contributed by atoms with van der Waals surface area (Å²) in [6.07, 6.45) is 2.02. The van der Waals surface area contributed by atoms with Gasteiger partial charge in [-0.2, -0.15) is 0 Å². The molecule has 1 saturated heterocycles. The Morgan fingerprint density at radius 2 is 1.73 bits per heavy atom. The maximum Gasteiger partial charge on any atom is 0.235 e. The number of Topliss-reactive ketones (excluding diaryl/α,β-unsaturated/α-hetero) is 4. The number of nitrogens with two attached hydrogens (primary N) is 1. The molecule has 10 nitrogen and oxygen atoms in total. The highest BCUT2D eigenvalue weighted by Gasteiger charge is 2.69. The maximum atomic E-state index is 14.0. The number of phenols is 1. The number of phenolic OH excluding ortho intramolecular Hbond substituents is 1. The monoisotopic (exact) mass is 601 g/mol. The molecule has 0 spiro atoms. The van der Waals surface area contributed by atoms with Crippen molar-refractivity contribution in [2.75, 3.05) is 18.4 Å². The average Bonchev–Trinajstić information content (AvgIpc) is 2.97. The van der Waals surface area contributed by atoms with Crippen LogP contribution in [0.3, 0.4) is 0 Å². The zero-order valence-corrected chi connectivity index (χ0v) is 25.0. The van der Waals surface area contributed by atoms with E-state index in [1.54, 1.807) is 26.0 Å². The number of likely N-dealkylation sites (tertiary alicyclic amines) is 1. The fourth-order valence-electron chi connectivity index (χ4n) is 8.24. The molecule has 1 aliphatic heterocycles. The Bertz CT molecular complexity index is 1530. The van der Waals surface area contributed by atoms with Crippen LogP contribution in [0.2, 0.25) is 0 Å². The number of piperidine rings is 1. The fourth-order valence-corrected chi connectivity index (χ4v) is 8.24. The van der Waals surface area contributed by atoms with E-state index in [4.69, 9.17) is 5.73 Å². The van der Waals surface area contributed by atoms with Gasteiger partial charge in [0, 0.05) is 37.5 Å². The number of hydrogen-bond acceptors (Lipinski definition) is 9. The Kier molecular flexibility index (Phi) is 7.70. The Balaban J connectivity index is 1.24. The highest BCUT2D eigenvalue weighted by Crippen LogP contribution is 2.53. The lowest BCUT2D eigenvalue weighted by molar-refractivity contribution is -0.182. The van der Waals surface area contributed by atoms with Gasteiger partial charge in [0.25, 0.3) is 0 Å². The zero-order valence-electron chi connectivity index (χ0n) is 25.0. The normalized spacial score (nSPS) is 31.0. The number of primary amides is 1. The van der Waals surface area contributed by atoms with Crippen molar-refractivity contribution in [2.24, 2.45) is 41.2 Å². The van der Waals surface area contributed by atoms with Crippen LogP contribution in [0.4, 0.5) is 5.69 Å². The van der Waals surface area contributed by atoms with Crippen LogP contribution in [0.15, 0.2) is 42.5 Å². The van der Waals surface area contributed by atoms with Gasteiger partial charge in [0.05, 0.1) is 17.2 Å². The molecule has 44 heavy (non-hydrogen) atoms. The quantitative estimate of drug-likeness (QED) is 0.287. The van der Waals surface area contributed by atoms with Crippen LogP contribution < -0.4 is 11.1 Å². The first-order valence-corrected chi connectivity index (χ1v) is 15.5. The summed E-state index contributed by atoms with van der Waals surface area (Å²) >= 11 is 0. The number of benzene rings is 2. The van der Waals surface area contributed by atoms with Crippen molar-refractivity contribution in [1.82, 2.24) is 4.90 Å². The number of fused-ring (bicyclic) bond motifs is 3. The molecular weight excluding hydrogens is 562 g/mol. The van der Waals surface area contributed by atoms with Crippen LogP contribution in [0.1, 0.15) is 54.6 Å². The molecule has 2 unspecified atom stereocenters. The Labute approximate surface area is 256 Å². The van der Waals surface area contributed by atoms with Crippen LogP contribution in [0.5, 0.6) is 5.75 Å². The lowest BCUT2D eigenvalue weighted by Gasteiger charge is -2.52. The van der Waals surface area contributed by atoms with Crippen LogP contribution >= 0.6 is 0 Å². The Morgan fingerprint density at radius 3 is 2.36 bits per heavy atom. The molecule has 5 N–H and O–H groups in total. The summed E-state index contributed by atoms with van der Waals surface area (Å²) in [6.45, 7) is 6.07. The van der Waals surface area contributed by atoms with Crippen LogP contribution in [0.25, 0.3) is 0 Å². The van der Waals surface area contributed by atoms with Crippen LogP contribution in [-0.2, 0) is 32.1 Å². The number of carbonyl (C=O) groups excluding carboxylic acids is 5. The van der Waals surface area contributed by atoms with Gasteiger partial charge < -0.3 is 21.3 Å². The standard InChI is InChI=1S/C34H39N3O7/c1-17(2)24-22-15-20-14-19-8-9-23(36-21-10-12-37(13-11-21)16-18-6-4-3-5-7-18)28(38)25(19)30(40)26(20)31(41)34(22,44)32(42)27(29(24)39)33(35)43/h3-9,17,20-22,24,26-27,36,38,44H,10-16H2,1-2H3,(H2,35,43)/t20-,22-,24-,26?,27?,34-/m0/s1. The number of anilines is 1. The summed E-state index contributed by atoms with van der Waals surface area (Å²) in [4.78, 5) is 69.2. The predicted octanol–water partition coefficient (Wildman–Crippen LogP) is 2.29. The molecule has 0 radical (unpaired) electrons. The summed E-state index contributed by atoms with van der Waals surface area (Å²) in [5, 5.41) is 26.5. The van der Waals surface area contributed by atoms with Gasteiger partial charge in [0.15, 0.2) is 34.7 Å². The number of nitrogens with one attached hydrogen (secondary N) is 1. The molecule has 0 bridgehead atoms. The second kappa shape index (κ2) is 11.2. The van der Waals surface area contributed by atoms with Gasteiger partial charge >= 0.3 is 0 Å². The van der Waals surface area contributed by atoms with E-state index < -0.39 is 64.2 Å². The molecule has 3 aliphatic carbocycles. The molecule has 2 aromatic carbocycles. The molecule has 4 aliphatic rings. The molecule has 3 fully saturated rings. The van der Waals surface area contributed by atoms with Crippen molar-refractivity contribution < 1.29 is 34.2 Å². The van der Waals surface area contributed by atoms with Crippen molar-refractivity contribution in [1.29, 1.82) is 0 Å². The minimum atomic E-state index is -2.68. The van der Waals surface area contributed by atoms with E-state index in [-0.39, 0.29) is 36.1 Å². The third-order valence-electron chi connectivity index (χ3n) is 10.4. The first kappa shape index (κ1) is 30.1. The smallest absolute Gasteiger partial charge is 0.235 e. The van der Waals surface area contributed by atoms with Crippen molar-refractivity contribution in [3.63, 3.8) is 0 Å². The third-order valence-corrected chi connectivity index (χ3v) is 10.4. The summed E-state index contributed by atoms with van der Waals surface area (Å²) in [6, 6.07) is 13.9. The number of carbonyl (C=O) groups is 5. The molecule has 1 amide bonds. The molecule has 232 valence electrons. The van der Waals surface area contributed by atoms with Gasteiger partial charge in [0.1, 0.15) is 5.75 Å². The van der Waals surface area contributed by atoms with E-state index in [2.05, 4.69) is 22.3 Å². The minimum Gasteiger partial charge on any atom is -0.505 e. The van der Waals surface area contributed by atoms with Crippen molar-refractivity contribution >= 4 is 34.7 Å². The number of amides is 1. The number of rotatable bonds is 6. The minimum absolute atomic E-state index is 0.0133. The molecule has 10 heteroatoms. The molecule has 2 aromatic rings. The fraction of sp³-hybridized carbons (Fsp3) is 0.500. The summed E-state index contributed by atoms with van der Waals surface area (Å²) in [5.74, 6) is -11.3. The van der Waals surface area contributed by atoms with E-state index in [1.165, 1.54) is 5.56 Å².